The van der Waals surface area contributed by atoms with Crippen LogP contribution in [0.1, 0.15) is 161 Å². The maximum atomic E-state index is 14.7. The molecule has 14 atom stereocenters. The molecular weight excluding hydrogens is 1260 g/mol. The van der Waals surface area contributed by atoms with Gasteiger partial charge in [-0.15, -0.1) is 11.8 Å². The summed E-state index contributed by atoms with van der Waals surface area (Å²) in [6.45, 7) is 24.6. The van der Waals surface area contributed by atoms with Crippen molar-refractivity contribution in [2.75, 3.05) is 54.5 Å². The number of aliphatic hydroxyl groups is 1. The fourth-order valence-electron chi connectivity index (χ4n) is 11.1. The largest absolute Gasteiger partial charge is 0.481 e. The number of hydrogen-bond donors (Lipinski definition) is 10. The molecule has 0 aromatic carbocycles. The predicted molar refractivity (Wildman–Crippen MR) is 343 cm³/mol. The van der Waals surface area contributed by atoms with Crippen molar-refractivity contribution in [3.63, 3.8) is 0 Å². The normalized spacial score (nSPS) is 18.2. The monoisotopic (exact) mass is 1370 g/mol. The third-order valence-electron chi connectivity index (χ3n) is 16.8. The van der Waals surface area contributed by atoms with Gasteiger partial charge in [0, 0.05) is 59.9 Å². The van der Waals surface area contributed by atoms with Crippen LogP contribution in [0.5, 0.6) is 0 Å². The number of carboxylic acids is 2. The molecule has 0 aromatic heterocycles. The first-order valence-electron chi connectivity index (χ1n) is 31.0. The molecule has 1 saturated heterocycles. The van der Waals surface area contributed by atoms with E-state index in [1.54, 1.807) is 23.8 Å². The van der Waals surface area contributed by atoms with Crippen LogP contribution < -0.4 is 37.6 Å². The van der Waals surface area contributed by atoms with Gasteiger partial charge in [0.15, 0.2) is 0 Å². The number of aliphatic hydroxyl groups excluding tert-OH is 1. The lowest BCUT2D eigenvalue weighted by molar-refractivity contribution is -0.148. The molecule has 1 aliphatic heterocycles. The van der Waals surface area contributed by atoms with E-state index in [2.05, 4.69) is 73.2 Å². The number of methoxy groups -OCH3 is 2. The van der Waals surface area contributed by atoms with E-state index in [1.807, 2.05) is 62.4 Å². The molecular formula is C60H109IN10O15S. The van der Waals surface area contributed by atoms with Crippen molar-refractivity contribution >= 4 is 93.5 Å². The number of carboxylic acid groups (broad SMARTS) is 2. The molecule has 502 valence electrons. The number of amides is 8. The van der Waals surface area contributed by atoms with Gasteiger partial charge < -0.3 is 72.2 Å². The van der Waals surface area contributed by atoms with Gasteiger partial charge in [0.1, 0.15) is 24.2 Å². The molecule has 3 unspecified atom stereocenters. The zero-order valence-electron chi connectivity index (χ0n) is 54.9. The van der Waals surface area contributed by atoms with Crippen LogP contribution in [0.25, 0.3) is 0 Å². The van der Waals surface area contributed by atoms with Crippen molar-refractivity contribution in [1.29, 1.82) is 0 Å². The summed E-state index contributed by atoms with van der Waals surface area (Å²) in [5.41, 5.74) is 5.85. The Morgan fingerprint density at radius 2 is 1.30 bits per heavy atom. The topological polar surface area (TPSA) is 358 Å². The first kappa shape index (κ1) is 80.6. The maximum Gasteiger partial charge on any atom is 0.305 e. The summed E-state index contributed by atoms with van der Waals surface area (Å²) in [5.74, 6) is -8.43. The number of thioether (sulfide) groups is 1. The van der Waals surface area contributed by atoms with Crippen LogP contribution in [0.2, 0.25) is 0 Å². The summed E-state index contributed by atoms with van der Waals surface area (Å²) in [4.78, 5) is 140. The number of likely N-dealkylation sites (tertiary alicyclic amines) is 1. The van der Waals surface area contributed by atoms with Gasteiger partial charge in [0.25, 0.3) is 0 Å². The highest BCUT2D eigenvalue weighted by molar-refractivity contribution is 14.1. The Balaban J connectivity index is 3.31. The Bertz CT molecular complexity index is 2230. The number of nitrogens with zero attached hydrogens (tertiary/aromatic N) is 3. The van der Waals surface area contributed by atoms with Gasteiger partial charge in [-0.25, -0.2) is 0 Å². The molecule has 1 rings (SSSR count). The first-order chi connectivity index (χ1) is 40.7. The van der Waals surface area contributed by atoms with Crippen LogP contribution in [0.3, 0.4) is 0 Å². The van der Waals surface area contributed by atoms with Gasteiger partial charge in [0.05, 0.1) is 63.2 Å². The number of alkyl halides is 1. The minimum Gasteiger partial charge on any atom is -0.481 e. The predicted octanol–water partition coefficient (Wildman–Crippen LogP) is 3.25. The van der Waals surface area contributed by atoms with Gasteiger partial charge in [-0.1, -0.05) is 118 Å². The van der Waals surface area contributed by atoms with E-state index >= 15 is 0 Å². The quantitative estimate of drug-likeness (QED) is 0.0310. The van der Waals surface area contributed by atoms with E-state index in [1.165, 1.54) is 39.8 Å². The van der Waals surface area contributed by atoms with Crippen LogP contribution in [0, 0.1) is 29.6 Å². The number of rotatable bonds is 42. The molecule has 1 fully saturated rings. The molecule has 0 spiro atoms. The molecule has 0 bridgehead atoms. The van der Waals surface area contributed by atoms with E-state index < -0.39 is 141 Å². The van der Waals surface area contributed by atoms with Crippen LogP contribution in [0.15, 0.2) is 0 Å². The average Bonchev–Trinajstić information content (AvgIpc) is 2.85. The molecule has 1 aliphatic rings. The van der Waals surface area contributed by atoms with Crippen molar-refractivity contribution in [2.24, 2.45) is 35.3 Å². The van der Waals surface area contributed by atoms with Gasteiger partial charge in [0.2, 0.25) is 47.3 Å². The number of nitrogens with one attached hydrogen (secondary N) is 6. The Morgan fingerprint density at radius 3 is 1.78 bits per heavy atom. The molecule has 0 saturated carbocycles. The minimum absolute atomic E-state index is 0.0309. The minimum atomic E-state index is -1.66. The zero-order valence-corrected chi connectivity index (χ0v) is 57.8. The van der Waals surface area contributed by atoms with Crippen molar-refractivity contribution in [2.45, 2.75) is 235 Å². The number of hydrogen-bond acceptors (Lipinski definition) is 16. The second-order valence-corrected chi connectivity index (χ2v) is 28.5. The van der Waals surface area contributed by atoms with E-state index in [4.69, 9.17) is 15.2 Å². The number of carbonyl (C=O) groups excluding carboxylic acids is 8. The first-order valence-corrected chi connectivity index (χ1v) is 32.9. The van der Waals surface area contributed by atoms with Crippen molar-refractivity contribution in [1.82, 2.24) is 46.6 Å². The fraction of sp³-hybridized carbons (Fsp3) is 0.833. The Morgan fingerprint density at radius 1 is 0.713 bits per heavy atom. The van der Waals surface area contributed by atoms with Gasteiger partial charge >= 0.3 is 11.9 Å². The highest BCUT2D eigenvalue weighted by atomic mass is 127. The molecule has 11 N–H and O–H groups in total. The number of halogens is 1. The number of ether oxygens (including phenoxy) is 2. The highest BCUT2D eigenvalue weighted by Crippen LogP contribution is 2.43. The zero-order chi connectivity index (χ0) is 66.8. The van der Waals surface area contributed by atoms with Crippen LogP contribution >= 0.6 is 34.4 Å². The third-order valence-corrected chi connectivity index (χ3v) is 20.8. The molecule has 25 nitrogen and oxygen atoms in total. The summed E-state index contributed by atoms with van der Waals surface area (Å²) in [6, 6.07) is -7.84. The fourth-order valence-corrected chi connectivity index (χ4v) is 13.3. The van der Waals surface area contributed by atoms with Gasteiger partial charge in [-0.2, -0.15) is 0 Å². The molecule has 0 radical (unpaired) electrons. The standard InChI is InChI=1S/C60H109IN10O15S/c1-18-35(10)51(70(15)59(84)48(33(6)7)67-58(83)50(34(8)9)69(14)32-39(19-2)20-3)43(85-16)28-45(73)71-27-23-24-42(71)52(86-17)37(12)53(78)68-49(38(13)72)57(82)65-40(25-26-46(74)75)55(80)64-36(11)31-63-54(79)41(30-62)66-56(81)44(29-47(76)77)87-60(61,21-4)22-5/h33-44,48-52,72H,18-32,62H2,1-17H3,(H,63,79)(H,64,80)(H,65,82)(H,66,81)(H,67,83)(H,68,78)(H,74,75)(H,76,77)/t35-,36+,37+,38?,40-,41-,42-,43+,44?,48-,49-,50-,51-,52?/m0/s1. The van der Waals surface area contributed by atoms with E-state index in [0.29, 0.717) is 44.6 Å². The van der Waals surface area contributed by atoms with Crippen molar-refractivity contribution < 1.29 is 72.7 Å². The molecule has 0 aromatic rings. The van der Waals surface area contributed by atoms with Gasteiger partial charge in [-0.05, 0) is 76.7 Å². The van der Waals surface area contributed by atoms with Crippen molar-refractivity contribution in [3.05, 3.63) is 0 Å². The van der Waals surface area contributed by atoms with Gasteiger partial charge in [-0.3, -0.25) is 52.8 Å². The summed E-state index contributed by atoms with van der Waals surface area (Å²) >= 11 is 3.38. The van der Waals surface area contributed by atoms with Crippen molar-refractivity contribution in [3.8, 4) is 0 Å². The summed E-state index contributed by atoms with van der Waals surface area (Å²) in [7, 11) is 6.51. The molecule has 8 amide bonds. The number of likely N-dealkylation sites (N-methyl/N-ethyl adjacent to an activating group) is 2. The smallest absolute Gasteiger partial charge is 0.305 e. The Labute approximate surface area is 535 Å². The lowest BCUT2D eigenvalue weighted by Gasteiger charge is -2.41. The highest BCUT2D eigenvalue weighted by Gasteiger charge is 2.45. The molecule has 87 heavy (non-hydrogen) atoms. The number of nitrogens with two attached hydrogens (primary N) is 1. The van der Waals surface area contributed by atoms with Crippen LogP contribution in [-0.4, -0.2) is 218 Å². The SMILES string of the molecule is CCC(CC)CN(C)[C@H](C(=O)N[C@H](C(=O)N(C)[C@@H]([C@@H](C)CC)[C@@H](CC(=O)N1CCC[C@H]1C(OC)[C@@H](C)C(=O)N[C@H](C(=O)N[C@@H](CCC(=O)O)C(=O)N[C@H](C)CNC(=O)[C@H](CN)NC(=O)C(CC(=O)O)SC(I)(CC)CC)C(C)O)OC)C(C)C)C(C)C. The summed E-state index contributed by atoms with van der Waals surface area (Å²) in [5, 5.41) is 44.8. The molecule has 27 heteroatoms. The summed E-state index contributed by atoms with van der Waals surface area (Å²) < 4.78 is 11.6. The molecule has 0 aliphatic carbocycles. The van der Waals surface area contributed by atoms with Crippen LogP contribution in [0.4, 0.5) is 0 Å². The third kappa shape index (κ3) is 25.4. The van der Waals surface area contributed by atoms with E-state index in [9.17, 15) is 63.3 Å². The average molecular weight is 1370 g/mol. The Hall–Kier alpha value is -4.42. The second kappa shape index (κ2) is 39.7. The van der Waals surface area contributed by atoms with E-state index in [-0.39, 0.29) is 55.0 Å². The lowest BCUT2D eigenvalue weighted by Crippen LogP contribution is -2.60. The summed E-state index contributed by atoms with van der Waals surface area (Å²) in [6.07, 6.45) is 0.0546. The second-order valence-electron chi connectivity index (χ2n) is 24.1. The van der Waals surface area contributed by atoms with Crippen LogP contribution in [-0.2, 0) is 57.4 Å². The Kier molecular flexibility index (Phi) is 36.7. The maximum absolute atomic E-state index is 14.7. The number of aliphatic carboxylic acids is 2. The lowest BCUT2D eigenvalue weighted by atomic mass is 9.89. The number of carbonyl (C=O) groups is 10. The van der Waals surface area contributed by atoms with E-state index in [0.717, 1.165) is 19.4 Å². The molecule has 1 heterocycles.